The lowest BCUT2D eigenvalue weighted by molar-refractivity contribution is 1.08. The third kappa shape index (κ3) is 4.43. The minimum absolute atomic E-state index is 0.614. The van der Waals surface area contributed by atoms with E-state index in [-0.39, 0.29) is 0 Å². The topological polar surface area (TPSA) is 77.3 Å². The Labute approximate surface area is 286 Å². The Bertz CT molecular complexity index is 2870. The summed E-state index contributed by atoms with van der Waals surface area (Å²) in [5, 5.41) is 7.43. The van der Waals surface area contributed by atoms with Crippen LogP contribution in [-0.4, -0.2) is 29.9 Å². The minimum atomic E-state index is 0.614. The van der Waals surface area contributed by atoms with E-state index in [1.807, 2.05) is 91.3 Å². The summed E-state index contributed by atoms with van der Waals surface area (Å²) >= 11 is 0. The highest BCUT2D eigenvalue weighted by Crippen LogP contribution is 2.44. The highest BCUT2D eigenvalue weighted by molar-refractivity contribution is 6.32. The van der Waals surface area contributed by atoms with Gasteiger partial charge in [0.15, 0.2) is 17.5 Å². The van der Waals surface area contributed by atoms with E-state index >= 15 is 0 Å². The van der Waals surface area contributed by atoms with Crippen LogP contribution in [0.2, 0.25) is 0 Å². The number of para-hydroxylation sites is 1. The van der Waals surface area contributed by atoms with Gasteiger partial charge in [0, 0.05) is 61.6 Å². The van der Waals surface area contributed by atoms with E-state index < -0.39 is 0 Å². The Morgan fingerprint density at radius 3 is 1.44 bits per heavy atom. The molecule has 4 heterocycles. The van der Waals surface area contributed by atoms with Gasteiger partial charge in [-0.1, -0.05) is 121 Å². The van der Waals surface area contributed by atoms with Crippen LogP contribution in [0, 0.1) is 0 Å². The predicted octanol–water partition coefficient (Wildman–Crippen LogP) is 10.5. The van der Waals surface area contributed by atoms with Crippen molar-refractivity contribution in [1.82, 2.24) is 29.9 Å². The molecule has 0 unspecified atom stereocenters. The lowest BCUT2D eigenvalue weighted by Crippen LogP contribution is -2.01. The second-order valence-corrected chi connectivity index (χ2v) is 12.3. The van der Waals surface area contributed by atoms with Crippen molar-refractivity contribution in [2.75, 3.05) is 0 Å². The summed E-state index contributed by atoms with van der Waals surface area (Å²) in [6.07, 6.45) is 3.68. The van der Waals surface area contributed by atoms with E-state index in [1.165, 1.54) is 0 Å². The van der Waals surface area contributed by atoms with Gasteiger partial charge in [0.05, 0.1) is 22.2 Å². The SMILES string of the molecule is c1ccc(-c2nc(-c3ccccc3)nc(-c3ccc(-c4nc5ccccc5c5c6cccnc6c6ncccc6c45)c4ccccc34)n2)cc1. The van der Waals surface area contributed by atoms with E-state index in [9.17, 15) is 0 Å². The molecule has 0 spiro atoms. The minimum Gasteiger partial charge on any atom is -0.254 e. The summed E-state index contributed by atoms with van der Waals surface area (Å²) in [4.78, 5) is 30.1. The molecule has 0 radical (unpaired) electrons. The largest absolute Gasteiger partial charge is 0.254 e. The second kappa shape index (κ2) is 11.4. The van der Waals surface area contributed by atoms with Gasteiger partial charge < -0.3 is 0 Å². The summed E-state index contributed by atoms with van der Waals surface area (Å²) in [6, 6.07) is 49.5. The number of aromatic nitrogens is 6. The van der Waals surface area contributed by atoms with Gasteiger partial charge in [-0.05, 0) is 35.0 Å². The van der Waals surface area contributed by atoms with Gasteiger partial charge in [0.1, 0.15) is 0 Å². The van der Waals surface area contributed by atoms with E-state index in [2.05, 4.69) is 66.7 Å². The fourth-order valence-corrected chi connectivity index (χ4v) is 7.17. The number of pyridine rings is 3. The molecular weight excluding hydrogens is 613 g/mol. The van der Waals surface area contributed by atoms with Crippen LogP contribution < -0.4 is 0 Å². The van der Waals surface area contributed by atoms with E-state index in [1.54, 1.807) is 0 Å². The monoisotopic (exact) mass is 638 g/mol. The van der Waals surface area contributed by atoms with Crippen molar-refractivity contribution < 1.29 is 0 Å². The molecule has 10 rings (SSSR count). The molecule has 0 aliphatic carbocycles. The first kappa shape index (κ1) is 28.1. The number of hydrogen-bond donors (Lipinski definition) is 0. The van der Waals surface area contributed by atoms with Gasteiger partial charge in [0.2, 0.25) is 0 Å². The zero-order chi connectivity index (χ0) is 33.0. The van der Waals surface area contributed by atoms with E-state index in [0.29, 0.717) is 17.5 Å². The van der Waals surface area contributed by atoms with Crippen molar-refractivity contribution in [3.05, 3.63) is 158 Å². The highest BCUT2D eigenvalue weighted by atomic mass is 15.0. The van der Waals surface area contributed by atoms with Crippen molar-refractivity contribution in [3.63, 3.8) is 0 Å². The van der Waals surface area contributed by atoms with Gasteiger partial charge in [0.25, 0.3) is 0 Å². The molecule has 0 fully saturated rings. The van der Waals surface area contributed by atoms with Gasteiger partial charge >= 0.3 is 0 Å². The van der Waals surface area contributed by atoms with Gasteiger partial charge in [-0.15, -0.1) is 0 Å². The average molecular weight is 639 g/mol. The fraction of sp³-hybridized carbons (Fsp3) is 0. The molecule has 0 N–H and O–H groups in total. The van der Waals surface area contributed by atoms with Crippen molar-refractivity contribution in [1.29, 1.82) is 0 Å². The summed E-state index contributed by atoms with van der Waals surface area (Å²) in [5.41, 5.74) is 7.39. The normalized spacial score (nSPS) is 11.6. The first-order chi connectivity index (χ1) is 24.8. The van der Waals surface area contributed by atoms with Crippen LogP contribution in [0.1, 0.15) is 0 Å². The Hall–Kier alpha value is -6.92. The summed E-state index contributed by atoms with van der Waals surface area (Å²) in [5.74, 6) is 1.87. The lowest BCUT2D eigenvalue weighted by atomic mass is 9.90. The van der Waals surface area contributed by atoms with Crippen LogP contribution in [-0.2, 0) is 0 Å². The Morgan fingerprint density at radius 2 is 0.800 bits per heavy atom. The molecule has 0 aliphatic rings. The van der Waals surface area contributed by atoms with Crippen LogP contribution in [0.4, 0.5) is 0 Å². The van der Waals surface area contributed by atoms with Gasteiger partial charge in [-0.3, -0.25) is 9.97 Å². The molecule has 6 aromatic carbocycles. The molecule has 0 saturated carbocycles. The van der Waals surface area contributed by atoms with Crippen LogP contribution in [0.3, 0.4) is 0 Å². The first-order valence-electron chi connectivity index (χ1n) is 16.5. The number of benzene rings is 6. The predicted molar refractivity (Wildman–Crippen MR) is 202 cm³/mol. The number of fused-ring (bicyclic) bond motifs is 9. The Morgan fingerprint density at radius 1 is 0.320 bits per heavy atom. The van der Waals surface area contributed by atoms with Crippen LogP contribution in [0.5, 0.6) is 0 Å². The lowest BCUT2D eigenvalue weighted by Gasteiger charge is -2.17. The molecule has 0 saturated heterocycles. The number of hydrogen-bond acceptors (Lipinski definition) is 6. The zero-order valence-corrected chi connectivity index (χ0v) is 26.7. The maximum atomic E-state index is 5.40. The Kier molecular flexibility index (Phi) is 6.39. The molecule has 0 amide bonds. The zero-order valence-electron chi connectivity index (χ0n) is 26.7. The molecular formula is C44H26N6. The Balaban J connectivity index is 1.29. The van der Waals surface area contributed by atoms with Crippen molar-refractivity contribution in [2.24, 2.45) is 0 Å². The molecule has 6 nitrogen and oxygen atoms in total. The van der Waals surface area contributed by atoms with Crippen LogP contribution in [0.25, 0.3) is 99.7 Å². The summed E-state index contributed by atoms with van der Waals surface area (Å²) < 4.78 is 0. The molecule has 0 bridgehead atoms. The maximum absolute atomic E-state index is 5.40. The van der Waals surface area contributed by atoms with Crippen LogP contribution >= 0.6 is 0 Å². The highest BCUT2D eigenvalue weighted by Gasteiger charge is 2.21. The molecule has 0 aliphatic heterocycles. The second-order valence-electron chi connectivity index (χ2n) is 12.3. The summed E-state index contributed by atoms with van der Waals surface area (Å²) in [7, 11) is 0. The van der Waals surface area contributed by atoms with Gasteiger partial charge in [-0.25, -0.2) is 19.9 Å². The quantitative estimate of drug-likeness (QED) is 0.179. The molecule has 10 aromatic rings. The fourth-order valence-electron chi connectivity index (χ4n) is 7.17. The molecule has 50 heavy (non-hydrogen) atoms. The smallest absolute Gasteiger partial charge is 0.164 e. The van der Waals surface area contributed by atoms with Crippen molar-refractivity contribution in [3.8, 4) is 45.4 Å². The molecule has 0 atom stereocenters. The molecule has 232 valence electrons. The third-order valence-corrected chi connectivity index (χ3v) is 9.39. The van der Waals surface area contributed by atoms with Crippen molar-refractivity contribution in [2.45, 2.75) is 0 Å². The van der Waals surface area contributed by atoms with Gasteiger partial charge in [-0.2, -0.15) is 0 Å². The van der Waals surface area contributed by atoms with Crippen LogP contribution in [0.15, 0.2) is 158 Å². The number of nitrogens with zero attached hydrogens (tertiary/aromatic N) is 6. The maximum Gasteiger partial charge on any atom is 0.164 e. The van der Waals surface area contributed by atoms with Crippen molar-refractivity contribution >= 4 is 54.3 Å². The third-order valence-electron chi connectivity index (χ3n) is 9.39. The standard InChI is InChI=1S/C44H26N6/c1-3-13-27(14-4-1)42-48-43(28-15-5-2-6-16-28)50-44(49-42)32-24-23-31(29-17-7-8-18-30(29)32)39-38-35-21-12-26-46-41(35)40-34(20-11-25-45-40)37(38)33-19-9-10-22-36(33)47-39/h1-26H. The first-order valence-corrected chi connectivity index (χ1v) is 16.5. The van der Waals surface area contributed by atoms with E-state index in [0.717, 1.165) is 82.2 Å². The van der Waals surface area contributed by atoms with E-state index in [4.69, 9.17) is 29.9 Å². The summed E-state index contributed by atoms with van der Waals surface area (Å²) in [6.45, 7) is 0. The number of rotatable bonds is 4. The molecule has 4 aromatic heterocycles. The molecule has 6 heteroatoms. The average Bonchev–Trinajstić information content (AvgIpc) is 3.20.